The second-order valence-electron chi connectivity index (χ2n) is 14.9. The fourth-order valence-electron chi connectivity index (χ4n) is 7.11. The highest BCUT2D eigenvalue weighted by Crippen LogP contribution is 2.31. The van der Waals surface area contributed by atoms with Crippen molar-refractivity contribution in [2.75, 3.05) is 13.6 Å². The van der Waals surface area contributed by atoms with Gasteiger partial charge in [0.05, 0.1) is 22.4 Å². The summed E-state index contributed by atoms with van der Waals surface area (Å²) < 4.78 is 11.2. The van der Waals surface area contributed by atoms with E-state index < -0.39 is 64.8 Å². The lowest BCUT2D eigenvalue weighted by Gasteiger charge is -2.42. The third-order valence-corrected chi connectivity index (χ3v) is 10.6. The van der Waals surface area contributed by atoms with Gasteiger partial charge in [-0.25, -0.2) is 14.5 Å². The standard InChI is InChI=1S/C46H50N4O9S/c1-31(2)27-37(48-44(56)58-29-33-19-9-5-10-20-33)39(51)46(43(55)47-3,28-32-17-7-4-8-18-32)50(45(57)59-30-34-21-11-6-12-22-34)42(54)38(60)25-15-16-26-49-40(52)35-23-13-14-24-36(35)41(49)53/h4-14,17-24,31,37-38,60H,15-16,25-30H2,1-3H3,(H,47,55)(H,48,56)/t37-,38?,46+/m0/s1. The molecule has 0 saturated carbocycles. The second kappa shape index (κ2) is 21.1. The summed E-state index contributed by atoms with van der Waals surface area (Å²) >= 11 is 4.63. The van der Waals surface area contributed by atoms with E-state index in [4.69, 9.17) is 9.47 Å². The Morgan fingerprint density at radius 1 is 0.717 bits per heavy atom. The maximum Gasteiger partial charge on any atom is 0.418 e. The highest BCUT2D eigenvalue weighted by Gasteiger charge is 2.58. The molecule has 0 fully saturated rings. The molecule has 2 N–H and O–H groups in total. The second-order valence-corrected chi connectivity index (χ2v) is 15.5. The third-order valence-electron chi connectivity index (χ3n) is 10.1. The van der Waals surface area contributed by atoms with Gasteiger partial charge >= 0.3 is 12.2 Å². The molecule has 1 aliphatic heterocycles. The lowest BCUT2D eigenvalue weighted by molar-refractivity contribution is -0.154. The smallest absolute Gasteiger partial charge is 0.418 e. The number of Topliss-reactive ketones (excluding diaryl/α,β-unsaturated/α-hetero) is 1. The molecule has 60 heavy (non-hydrogen) atoms. The van der Waals surface area contributed by atoms with Crippen LogP contribution in [-0.4, -0.2) is 81.8 Å². The van der Waals surface area contributed by atoms with Crippen LogP contribution in [0.1, 0.15) is 76.9 Å². The number of ether oxygens (including phenoxy) is 2. The Morgan fingerprint density at radius 2 is 1.22 bits per heavy atom. The Morgan fingerprint density at radius 3 is 1.73 bits per heavy atom. The number of hydrogen-bond acceptors (Lipinski definition) is 10. The predicted octanol–water partition coefficient (Wildman–Crippen LogP) is 6.55. The van der Waals surface area contributed by atoms with Crippen LogP contribution in [0.5, 0.6) is 0 Å². The van der Waals surface area contributed by atoms with E-state index in [-0.39, 0.29) is 44.9 Å². The van der Waals surface area contributed by atoms with Gasteiger partial charge in [0, 0.05) is 20.0 Å². The minimum Gasteiger partial charge on any atom is -0.445 e. The van der Waals surface area contributed by atoms with E-state index in [2.05, 4.69) is 23.3 Å². The molecule has 5 rings (SSSR count). The van der Waals surface area contributed by atoms with E-state index in [1.807, 2.05) is 19.9 Å². The van der Waals surface area contributed by atoms with Crippen LogP contribution in [0, 0.1) is 5.92 Å². The number of benzene rings is 4. The predicted molar refractivity (Wildman–Crippen MR) is 227 cm³/mol. The first-order valence-corrected chi connectivity index (χ1v) is 20.3. The number of imide groups is 2. The summed E-state index contributed by atoms with van der Waals surface area (Å²) in [6.45, 7) is 3.30. The lowest BCUT2D eigenvalue weighted by atomic mass is 9.78. The molecule has 1 unspecified atom stereocenters. The van der Waals surface area contributed by atoms with Gasteiger partial charge in [-0.05, 0) is 54.0 Å². The Kier molecular flexibility index (Phi) is 15.8. The number of likely N-dealkylation sites (N-methyl/N-ethyl adjacent to an activating group) is 1. The van der Waals surface area contributed by atoms with Crippen molar-refractivity contribution in [2.24, 2.45) is 5.92 Å². The topological polar surface area (TPSA) is 168 Å². The van der Waals surface area contributed by atoms with Crippen LogP contribution in [0.3, 0.4) is 0 Å². The zero-order valence-electron chi connectivity index (χ0n) is 33.9. The molecule has 0 radical (unpaired) electrons. The number of alkyl carbamates (subject to hydrolysis) is 1. The van der Waals surface area contributed by atoms with Crippen LogP contribution in [-0.2, 0) is 43.5 Å². The molecule has 13 nitrogen and oxygen atoms in total. The molecule has 0 bridgehead atoms. The normalized spacial score (nSPS) is 14.1. The van der Waals surface area contributed by atoms with E-state index in [1.165, 1.54) is 7.05 Å². The number of nitrogens with one attached hydrogen (secondary N) is 2. The highest BCUT2D eigenvalue weighted by atomic mass is 32.1. The number of hydrogen-bond donors (Lipinski definition) is 3. The van der Waals surface area contributed by atoms with Crippen molar-refractivity contribution in [3.8, 4) is 0 Å². The van der Waals surface area contributed by atoms with E-state index in [9.17, 15) is 28.8 Å². The molecule has 3 atom stereocenters. The van der Waals surface area contributed by atoms with Gasteiger partial charge in [0.25, 0.3) is 17.7 Å². The first kappa shape index (κ1) is 44.8. The quantitative estimate of drug-likeness (QED) is 0.0411. The van der Waals surface area contributed by atoms with Crippen LogP contribution in [0.25, 0.3) is 0 Å². The molecule has 4 aromatic rings. The van der Waals surface area contributed by atoms with E-state index in [0.717, 1.165) is 4.90 Å². The molecule has 1 aliphatic rings. The van der Waals surface area contributed by atoms with Crippen molar-refractivity contribution in [3.05, 3.63) is 143 Å². The van der Waals surface area contributed by atoms with Gasteiger partial charge < -0.3 is 20.1 Å². The number of carbonyl (C=O) groups excluding carboxylic acids is 7. The Bertz CT molecular complexity index is 2120. The number of nitrogens with zero attached hydrogens (tertiary/aromatic N) is 2. The van der Waals surface area contributed by atoms with E-state index >= 15 is 4.79 Å². The molecule has 0 spiro atoms. The zero-order valence-corrected chi connectivity index (χ0v) is 34.8. The molecule has 314 valence electrons. The van der Waals surface area contributed by atoms with Gasteiger partial charge in [-0.15, -0.1) is 0 Å². The van der Waals surface area contributed by atoms with Gasteiger partial charge in [0.15, 0.2) is 11.3 Å². The summed E-state index contributed by atoms with van der Waals surface area (Å²) in [7, 11) is 1.28. The summed E-state index contributed by atoms with van der Waals surface area (Å²) in [5, 5.41) is 3.88. The average Bonchev–Trinajstić information content (AvgIpc) is 3.50. The number of thiol groups is 1. The van der Waals surface area contributed by atoms with Crippen molar-refractivity contribution in [1.29, 1.82) is 0 Å². The summed E-state index contributed by atoms with van der Waals surface area (Å²) in [6.07, 6.45) is -2.11. The van der Waals surface area contributed by atoms with Crippen molar-refractivity contribution in [3.63, 3.8) is 0 Å². The zero-order chi connectivity index (χ0) is 43.2. The summed E-state index contributed by atoms with van der Waals surface area (Å²) in [5.74, 6) is -4.00. The SMILES string of the molecule is CNC(=O)[C@@](Cc1ccccc1)(C(=O)[C@H](CC(C)C)NC(=O)OCc1ccccc1)N(C(=O)OCc1ccccc1)C(=O)C(S)CCCCN1C(=O)c2ccccc2C1=O. The molecule has 0 saturated heterocycles. The maximum atomic E-state index is 15.4. The van der Waals surface area contributed by atoms with Crippen LogP contribution in [0.2, 0.25) is 0 Å². The number of carbonyl (C=O) groups is 7. The molecule has 14 heteroatoms. The molecule has 1 heterocycles. The molecule has 0 aromatic heterocycles. The van der Waals surface area contributed by atoms with E-state index in [1.54, 1.807) is 109 Å². The van der Waals surface area contributed by atoms with Crippen LogP contribution >= 0.6 is 12.6 Å². The Hall–Kier alpha value is -6.28. The van der Waals surface area contributed by atoms with Gasteiger partial charge in [-0.2, -0.15) is 12.6 Å². The summed E-state index contributed by atoms with van der Waals surface area (Å²) in [6, 6.07) is 31.1. The first-order valence-electron chi connectivity index (χ1n) is 19.8. The highest BCUT2D eigenvalue weighted by molar-refractivity contribution is 7.81. The van der Waals surface area contributed by atoms with Crippen LogP contribution in [0.4, 0.5) is 9.59 Å². The van der Waals surface area contributed by atoms with Gasteiger partial charge in [0.2, 0.25) is 5.91 Å². The fraction of sp³-hybridized carbons (Fsp3) is 0.326. The minimum atomic E-state index is -2.62. The fourth-order valence-corrected chi connectivity index (χ4v) is 7.40. The Balaban J connectivity index is 1.49. The van der Waals surface area contributed by atoms with Gasteiger partial charge in [-0.3, -0.25) is 28.9 Å². The maximum absolute atomic E-state index is 15.4. The minimum absolute atomic E-state index is 0.00993. The average molecular weight is 835 g/mol. The molecule has 0 aliphatic carbocycles. The van der Waals surface area contributed by atoms with Gasteiger partial charge in [-0.1, -0.05) is 123 Å². The summed E-state index contributed by atoms with van der Waals surface area (Å²) in [5.41, 5.74) is -0.280. The van der Waals surface area contributed by atoms with Crippen molar-refractivity contribution < 1.29 is 43.0 Å². The largest absolute Gasteiger partial charge is 0.445 e. The Labute approximate surface area is 355 Å². The molecule has 4 aromatic carbocycles. The number of unbranched alkanes of at least 4 members (excludes halogenated alkanes) is 1. The van der Waals surface area contributed by atoms with Crippen molar-refractivity contribution in [1.82, 2.24) is 20.4 Å². The first-order chi connectivity index (χ1) is 28.9. The lowest BCUT2D eigenvalue weighted by Crippen LogP contribution is -2.71. The number of ketones is 1. The molecule has 6 amide bonds. The molecular formula is C46H50N4O9S. The number of rotatable bonds is 19. The number of fused-ring (bicyclic) bond motifs is 1. The monoisotopic (exact) mass is 834 g/mol. The van der Waals surface area contributed by atoms with Crippen molar-refractivity contribution in [2.45, 2.75) is 76.0 Å². The molecular weight excluding hydrogens is 785 g/mol. The van der Waals surface area contributed by atoms with Crippen LogP contribution < -0.4 is 10.6 Å². The summed E-state index contributed by atoms with van der Waals surface area (Å²) in [4.78, 5) is 100. The van der Waals surface area contributed by atoms with E-state index in [0.29, 0.717) is 39.1 Å². The van der Waals surface area contributed by atoms with Crippen molar-refractivity contribution >= 4 is 54.2 Å². The van der Waals surface area contributed by atoms with Crippen LogP contribution in [0.15, 0.2) is 115 Å². The number of amides is 6. The third kappa shape index (κ3) is 10.9. The van der Waals surface area contributed by atoms with Gasteiger partial charge in [0.1, 0.15) is 13.2 Å².